The molecule has 6 nitrogen and oxygen atoms in total. The van der Waals surface area contributed by atoms with Gasteiger partial charge in [-0.25, -0.2) is 9.78 Å². The van der Waals surface area contributed by atoms with Crippen LogP contribution in [0.5, 0.6) is 0 Å². The smallest absolute Gasteiger partial charge is 0.335 e. The maximum absolute atomic E-state index is 11.0. The Bertz CT molecular complexity index is 741. The fraction of sp³-hybridized carbons (Fsp3) is 0.167. The normalized spacial score (nSPS) is 11.4. The number of benzene rings is 1. The van der Waals surface area contributed by atoms with E-state index in [0.29, 0.717) is 12.3 Å². The Labute approximate surface area is 102 Å². The van der Waals surface area contributed by atoms with Crippen LogP contribution in [0.15, 0.2) is 24.4 Å². The molecule has 92 valence electrons. The molecule has 0 atom stereocenters. The highest BCUT2D eigenvalue weighted by molar-refractivity contribution is 5.93. The summed E-state index contributed by atoms with van der Waals surface area (Å²) in [4.78, 5) is 18.5. The average Bonchev–Trinajstić information content (AvgIpc) is 2.85. The second kappa shape index (κ2) is 3.85. The zero-order valence-corrected chi connectivity index (χ0v) is 9.55. The molecule has 0 fully saturated rings. The van der Waals surface area contributed by atoms with E-state index in [1.54, 1.807) is 18.2 Å². The fourth-order valence-corrected chi connectivity index (χ4v) is 2.06. The van der Waals surface area contributed by atoms with Gasteiger partial charge in [0.05, 0.1) is 16.6 Å². The lowest BCUT2D eigenvalue weighted by Crippen LogP contribution is -2.02. The Kier molecular flexibility index (Phi) is 2.31. The summed E-state index contributed by atoms with van der Waals surface area (Å²) < 4.78 is 1.85. The van der Waals surface area contributed by atoms with Crippen molar-refractivity contribution in [1.29, 1.82) is 0 Å². The minimum Gasteiger partial charge on any atom is -0.478 e. The van der Waals surface area contributed by atoms with E-state index >= 15 is 0 Å². The number of aromatic carboxylic acids is 1. The second-order valence-electron chi connectivity index (χ2n) is 4.13. The van der Waals surface area contributed by atoms with Gasteiger partial charge in [0.25, 0.3) is 0 Å². The molecular weight excluding hydrogens is 232 g/mol. The highest BCUT2D eigenvalue weighted by Crippen LogP contribution is 2.18. The summed E-state index contributed by atoms with van der Waals surface area (Å²) in [7, 11) is 0. The van der Waals surface area contributed by atoms with Gasteiger partial charge >= 0.3 is 5.97 Å². The maximum Gasteiger partial charge on any atom is 0.335 e. The Morgan fingerprint density at radius 1 is 1.50 bits per heavy atom. The van der Waals surface area contributed by atoms with Crippen molar-refractivity contribution in [3.05, 3.63) is 35.7 Å². The number of fused-ring (bicyclic) bond motifs is 3. The number of hydrogen-bond acceptors (Lipinski definition) is 3. The number of hydrogen-bond donors (Lipinski definition) is 3. The third-order valence-electron chi connectivity index (χ3n) is 2.91. The van der Waals surface area contributed by atoms with E-state index in [-0.39, 0.29) is 5.56 Å². The number of nitrogens with one attached hydrogen (secondary N) is 1. The van der Waals surface area contributed by atoms with Gasteiger partial charge in [0.15, 0.2) is 0 Å². The molecule has 4 N–H and O–H groups in total. The molecule has 0 bridgehead atoms. The largest absolute Gasteiger partial charge is 0.478 e. The Balaban J connectivity index is 2.24. The van der Waals surface area contributed by atoms with Gasteiger partial charge in [-0.2, -0.15) is 0 Å². The summed E-state index contributed by atoms with van der Waals surface area (Å²) in [6, 6.07) is 4.89. The minimum atomic E-state index is -0.940. The van der Waals surface area contributed by atoms with E-state index in [2.05, 4.69) is 9.97 Å². The van der Waals surface area contributed by atoms with Crippen molar-refractivity contribution in [2.75, 3.05) is 6.54 Å². The summed E-state index contributed by atoms with van der Waals surface area (Å²) in [5.74, 6) is -0.236. The highest BCUT2D eigenvalue weighted by atomic mass is 16.4. The van der Waals surface area contributed by atoms with Crippen LogP contribution in [0, 0.1) is 0 Å². The summed E-state index contributed by atoms with van der Waals surface area (Å²) in [6.45, 7) is 0.558. The molecule has 18 heavy (non-hydrogen) atoms. The van der Waals surface area contributed by atoms with E-state index in [9.17, 15) is 4.79 Å². The van der Waals surface area contributed by atoms with Crippen molar-refractivity contribution >= 4 is 22.8 Å². The van der Waals surface area contributed by atoms with Crippen LogP contribution in [-0.2, 0) is 6.42 Å². The zero-order valence-electron chi connectivity index (χ0n) is 9.55. The zero-order chi connectivity index (χ0) is 12.7. The van der Waals surface area contributed by atoms with Gasteiger partial charge < -0.3 is 15.8 Å². The van der Waals surface area contributed by atoms with Crippen LogP contribution in [-0.4, -0.2) is 32.0 Å². The van der Waals surface area contributed by atoms with Crippen molar-refractivity contribution in [2.45, 2.75) is 6.42 Å². The lowest BCUT2D eigenvalue weighted by Gasteiger charge is -1.95. The summed E-state index contributed by atoms with van der Waals surface area (Å²) in [5, 5.41) is 8.99. The number of carboxylic acids is 1. The van der Waals surface area contributed by atoms with E-state index in [1.165, 1.54) is 0 Å². The van der Waals surface area contributed by atoms with Crippen molar-refractivity contribution in [3.8, 4) is 0 Å². The van der Waals surface area contributed by atoms with Gasteiger partial charge in [-0.15, -0.1) is 0 Å². The number of carbonyl (C=O) groups is 1. The number of rotatable bonds is 3. The van der Waals surface area contributed by atoms with Crippen LogP contribution in [0.1, 0.15) is 16.1 Å². The molecule has 3 rings (SSSR count). The quantitative estimate of drug-likeness (QED) is 0.640. The van der Waals surface area contributed by atoms with Crippen molar-refractivity contribution in [1.82, 2.24) is 14.4 Å². The number of nitrogens with zero attached hydrogens (tertiary/aromatic N) is 2. The summed E-state index contributed by atoms with van der Waals surface area (Å²) >= 11 is 0. The van der Waals surface area contributed by atoms with Gasteiger partial charge in [-0.05, 0) is 24.7 Å². The molecule has 0 radical (unpaired) electrons. The predicted molar refractivity (Wildman–Crippen MR) is 66.8 cm³/mol. The van der Waals surface area contributed by atoms with Gasteiger partial charge in [-0.1, -0.05) is 0 Å². The molecule has 2 aromatic heterocycles. The molecule has 3 aromatic rings. The van der Waals surface area contributed by atoms with Crippen LogP contribution in [0.4, 0.5) is 0 Å². The van der Waals surface area contributed by atoms with E-state index in [1.807, 2.05) is 10.6 Å². The predicted octanol–water partition coefficient (Wildman–Crippen LogP) is 1.01. The number of imidazole rings is 2. The average molecular weight is 244 g/mol. The number of carboxylic acid groups (broad SMARTS) is 1. The molecule has 0 aliphatic rings. The first-order valence-corrected chi connectivity index (χ1v) is 5.62. The van der Waals surface area contributed by atoms with Crippen molar-refractivity contribution < 1.29 is 9.90 Å². The minimum absolute atomic E-state index is 0.255. The molecule has 0 saturated carbocycles. The molecule has 0 unspecified atom stereocenters. The summed E-state index contributed by atoms with van der Waals surface area (Å²) in [5.41, 5.74) is 8.30. The topological polar surface area (TPSA) is 96.4 Å². The Hall–Kier alpha value is -2.34. The maximum atomic E-state index is 11.0. The van der Waals surface area contributed by atoms with Gasteiger partial charge in [0.1, 0.15) is 0 Å². The van der Waals surface area contributed by atoms with Gasteiger partial charge in [0, 0.05) is 18.3 Å². The third kappa shape index (κ3) is 1.54. The number of H-pyrrole nitrogens is 1. The highest BCUT2D eigenvalue weighted by Gasteiger charge is 2.10. The molecule has 0 aliphatic heterocycles. The first kappa shape index (κ1) is 10.8. The lowest BCUT2D eigenvalue weighted by atomic mass is 10.2. The lowest BCUT2D eigenvalue weighted by molar-refractivity contribution is 0.0697. The molecule has 1 aromatic carbocycles. The van der Waals surface area contributed by atoms with Crippen LogP contribution in [0.2, 0.25) is 0 Å². The summed E-state index contributed by atoms with van der Waals surface area (Å²) in [6.07, 6.45) is 2.65. The van der Waals surface area contributed by atoms with Crippen molar-refractivity contribution in [3.63, 3.8) is 0 Å². The first-order valence-electron chi connectivity index (χ1n) is 5.62. The molecule has 0 amide bonds. The van der Waals surface area contributed by atoms with E-state index < -0.39 is 5.97 Å². The Morgan fingerprint density at radius 3 is 3.06 bits per heavy atom. The monoisotopic (exact) mass is 244 g/mol. The Morgan fingerprint density at radius 2 is 2.33 bits per heavy atom. The van der Waals surface area contributed by atoms with Crippen LogP contribution in [0.3, 0.4) is 0 Å². The number of nitrogens with two attached hydrogens (primary N) is 1. The molecule has 0 spiro atoms. The molecule has 0 aliphatic carbocycles. The number of aromatic amines is 1. The molecule has 2 heterocycles. The molecular formula is C12H12N4O2. The molecule has 6 heteroatoms. The fourth-order valence-electron chi connectivity index (χ4n) is 2.06. The van der Waals surface area contributed by atoms with Crippen molar-refractivity contribution in [2.24, 2.45) is 5.73 Å². The SMILES string of the molecule is NCCc1cn2c(nc3ccc(C(=O)O)cc32)[nH]1. The van der Waals surface area contributed by atoms with E-state index in [0.717, 1.165) is 23.1 Å². The van der Waals surface area contributed by atoms with Crippen LogP contribution in [0.25, 0.3) is 16.8 Å². The van der Waals surface area contributed by atoms with E-state index in [4.69, 9.17) is 10.8 Å². The second-order valence-corrected chi connectivity index (χ2v) is 4.13. The standard InChI is InChI=1S/C12H12N4O2/c13-4-3-8-6-16-10-5-7(11(17)18)1-2-9(10)15-12(16)14-8/h1-2,5-6H,3-4,13H2,(H,14,15)(H,17,18). The number of aromatic nitrogens is 3. The molecule has 0 saturated heterocycles. The third-order valence-corrected chi connectivity index (χ3v) is 2.91. The van der Waals surface area contributed by atoms with Gasteiger partial charge in [-0.3, -0.25) is 4.40 Å². The van der Waals surface area contributed by atoms with Crippen LogP contribution >= 0.6 is 0 Å². The van der Waals surface area contributed by atoms with Gasteiger partial charge in [0.2, 0.25) is 5.78 Å². The van der Waals surface area contributed by atoms with Crippen LogP contribution < -0.4 is 5.73 Å². The first-order chi connectivity index (χ1) is 8.69.